The van der Waals surface area contributed by atoms with Gasteiger partial charge in [0.15, 0.2) is 5.78 Å². The maximum atomic E-state index is 11.1. The molecule has 1 aliphatic rings. The smallest absolute Gasteiger partial charge is 0.410 e. The van der Waals surface area contributed by atoms with Crippen molar-refractivity contribution in [1.82, 2.24) is 4.90 Å². The van der Waals surface area contributed by atoms with Crippen LogP contribution in [-0.4, -0.2) is 47.7 Å². The van der Waals surface area contributed by atoms with Gasteiger partial charge in [-0.25, -0.2) is 4.79 Å². The summed E-state index contributed by atoms with van der Waals surface area (Å²) < 4.78 is 4.72. The number of carbonyl (C=O) groups is 2. The van der Waals surface area contributed by atoms with Gasteiger partial charge in [-0.1, -0.05) is 0 Å². The number of piperidine rings is 1. The number of hydrogen-bond acceptors (Lipinski definition) is 4. The van der Waals surface area contributed by atoms with Crippen LogP contribution in [0.2, 0.25) is 0 Å². The van der Waals surface area contributed by atoms with Crippen LogP contribution in [-0.2, 0) is 9.53 Å². The highest BCUT2D eigenvalue weighted by Gasteiger charge is 2.28. The van der Waals surface area contributed by atoms with Crippen LogP contribution in [0.15, 0.2) is 0 Å². The lowest BCUT2D eigenvalue weighted by molar-refractivity contribution is -0.131. The summed E-state index contributed by atoms with van der Waals surface area (Å²) in [7, 11) is 0. The van der Waals surface area contributed by atoms with E-state index in [1.807, 2.05) is 0 Å². The monoisotopic (exact) mass is 187 g/mol. The van der Waals surface area contributed by atoms with Crippen molar-refractivity contribution in [1.29, 1.82) is 0 Å². The number of aliphatic hydroxyl groups excluding tert-OH is 1. The molecule has 1 amide bonds. The van der Waals surface area contributed by atoms with Crippen LogP contribution in [0.3, 0.4) is 0 Å². The molecule has 1 rings (SSSR count). The zero-order chi connectivity index (χ0) is 9.84. The Balaban J connectivity index is 2.45. The molecule has 74 valence electrons. The molecule has 0 aromatic rings. The van der Waals surface area contributed by atoms with Crippen molar-refractivity contribution in [2.45, 2.75) is 19.4 Å². The third kappa shape index (κ3) is 2.42. The van der Waals surface area contributed by atoms with Gasteiger partial charge in [0.05, 0.1) is 13.2 Å². The van der Waals surface area contributed by atoms with Crippen molar-refractivity contribution in [2.24, 2.45) is 0 Å². The number of Topliss-reactive ketones (excluding diaryl/α,β-unsaturated/α-hetero) is 1. The summed E-state index contributed by atoms with van der Waals surface area (Å²) in [5.74, 6) is -0.320. The standard InChI is InChI=1S/C8H13NO4/c1-2-13-8(12)9-4-3-6(10)7(11)5-9/h6,10H,2-5H2,1H3. The lowest BCUT2D eigenvalue weighted by Crippen LogP contribution is -2.46. The Morgan fingerprint density at radius 2 is 2.46 bits per heavy atom. The number of aliphatic hydroxyl groups is 1. The predicted octanol–water partition coefficient (Wildman–Crippen LogP) is -0.221. The molecule has 0 bridgehead atoms. The molecule has 1 fully saturated rings. The SMILES string of the molecule is CCOC(=O)N1CCC(O)C(=O)C1. The summed E-state index contributed by atoms with van der Waals surface area (Å²) in [6.45, 7) is 2.34. The quantitative estimate of drug-likeness (QED) is 0.616. The fraction of sp³-hybridized carbons (Fsp3) is 0.750. The highest BCUT2D eigenvalue weighted by atomic mass is 16.6. The average molecular weight is 187 g/mol. The minimum Gasteiger partial charge on any atom is -0.450 e. The molecule has 5 nitrogen and oxygen atoms in total. The number of ether oxygens (including phenoxy) is 1. The normalized spacial score (nSPS) is 23.1. The van der Waals surface area contributed by atoms with E-state index in [1.165, 1.54) is 4.90 Å². The van der Waals surface area contributed by atoms with Gasteiger partial charge in [-0.15, -0.1) is 0 Å². The predicted molar refractivity (Wildman–Crippen MR) is 44.2 cm³/mol. The molecule has 5 heteroatoms. The Morgan fingerprint density at radius 1 is 1.77 bits per heavy atom. The Hall–Kier alpha value is -1.10. The molecule has 1 unspecified atom stereocenters. The van der Waals surface area contributed by atoms with Gasteiger partial charge in [0.25, 0.3) is 0 Å². The number of likely N-dealkylation sites (tertiary alicyclic amines) is 1. The highest BCUT2D eigenvalue weighted by Crippen LogP contribution is 2.07. The van der Waals surface area contributed by atoms with Crippen LogP contribution in [0, 0.1) is 0 Å². The summed E-state index contributed by atoms with van der Waals surface area (Å²) in [6.07, 6.45) is -1.09. The molecule has 1 atom stereocenters. The van der Waals surface area contributed by atoms with Crippen LogP contribution in [0.4, 0.5) is 4.79 Å². The topological polar surface area (TPSA) is 66.8 Å². The maximum absolute atomic E-state index is 11.1. The van der Waals surface area contributed by atoms with E-state index >= 15 is 0 Å². The molecule has 1 N–H and O–H groups in total. The van der Waals surface area contributed by atoms with Crippen molar-refractivity contribution < 1.29 is 19.4 Å². The minimum absolute atomic E-state index is 0.0417. The first-order chi connectivity index (χ1) is 6.15. The highest BCUT2D eigenvalue weighted by molar-refractivity contribution is 5.88. The van der Waals surface area contributed by atoms with Crippen LogP contribution < -0.4 is 0 Å². The van der Waals surface area contributed by atoms with Crippen molar-refractivity contribution in [3.63, 3.8) is 0 Å². The van der Waals surface area contributed by atoms with E-state index in [0.29, 0.717) is 19.6 Å². The summed E-state index contributed by atoms with van der Waals surface area (Å²) in [6, 6.07) is 0. The first kappa shape index (κ1) is 9.98. The number of amides is 1. The van der Waals surface area contributed by atoms with Gasteiger partial charge in [0, 0.05) is 6.54 Å². The molecule has 0 aliphatic carbocycles. The van der Waals surface area contributed by atoms with Crippen LogP contribution in [0.5, 0.6) is 0 Å². The Kier molecular flexibility index (Phi) is 3.25. The van der Waals surface area contributed by atoms with E-state index in [9.17, 15) is 9.59 Å². The van der Waals surface area contributed by atoms with Gasteiger partial charge in [0.1, 0.15) is 6.10 Å². The number of hydrogen-bond donors (Lipinski definition) is 1. The average Bonchev–Trinajstić information content (AvgIpc) is 2.10. The third-order valence-corrected chi connectivity index (χ3v) is 1.92. The molecule has 1 heterocycles. The van der Waals surface area contributed by atoms with Gasteiger partial charge in [-0.05, 0) is 13.3 Å². The molecular weight excluding hydrogens is 174 g/mol. The second-order valence-corrected chi connectivity index (χ2v) is 2.89. The summed E-state index contributed by atoms with van der Waals surface area (Å²) in [5.41, 5.74) is 0. The largest absolute Gasteiger partial charge is 0.450 e. The lowest BCUT2D eigenvalue weighted by Gasteiger charge is -2.27. The van der Waals surface area contributed by atoms with Crippen LogP contribution in [0.25, 0.3) is 0 Å². The van der Waals surface area contributed by atoms with E-state index in [-0.39, 0.29) is 12.3 Å². The molecule has 0 aromatic heterocycles. The van der Waals surface area contributed by atoms with E-state index < -0.39 is 12.2 Å². The van der Waals surface area contributed by atoms with Crippen molar-refractivity contribution in [3.8, 4) is 0 Å². The van der Waals surface area contributed by atoms with Crippen molar-refractivity contribution in [2.75, 3.05) is 19.7 Å². The lowest BCUT2D eigenvalue weighted by atomic mass is 10.1. The Bertz CT molecular complexity index is 216. The third-order valence-electron chi connectivity index (χ3n) is 1.92. The molecule has 13 heavy (non-hydrogen) atoms. The molecule has 0 saturated carbocycles. The van der Waals surface area contributed by atoms with Gasteiger partial charge >= 0.3 is 6.09 Å². The van der Waals surface area contributed by atoms with Gasteiger partial charge in [-0.3, -0.25) is 4.79 Å². The molecule has 1 saturated heterocycles. The van der Waals surface area contributed by atoms with E-state index in [4.69, 9.17) is 9.84 Å². The molecule has 0 radical (unpaired) electrons. The van der Waals surface area contributed by atoms with Crippen LogP contribution >= 0.6 is 0 Å². The summed E-state index contributed by atoms with van der Waals surface area (Å²) in [4.78, 5) is 23.4. The Labute approximate surface area is 76.3 Å². The van der Waals surface area contributed by atoms with E-state index in [0.717, 1.165) is 0 Å². The molecule has 1 aliphatic heterocycles. The number of carbonyl (C=O) groups excluding carboxylic acids is 2. The van der Waals surface area contributed by atoms with Crippen LogP contribution in [0.1, 0.15) is 13.3 Å². The number of rotatable bonds is 1. The zero-order valence-electron chi connectivity index (χ0n) is 7.52. The maximum Gasteiger partial charge on any atom is 0.410 e. The van der Waals surface area contributed by atoms with Crippen molar-refractivity contribution in [3.05, 3.63) is 0 Å². The number of ketones is 1. The summed E-state index contributed by atoms with van der Waals surface area (Å²) >= 11 is 0. The number of nitrogens with zero attached hydrogens (tertiary/aromatic N) is 1. The van der Waals surface area contributed by atoms with E-state index in [2.05, 4.69) is 0 Å². The van der Waals surface area contributed by atoms with Gasteiger partial charge in [0.2, 0.25) is 0 Å². The molecule has 0 aromatic carbocycles. The minimum atomic E-state index is -0.911. The van der Waals surface area contributed by atoms with E-state index in [1.54, 1.807) is 6.92 Å². The first-order valence-corrected chi connectivity index (χ1v) is 4.27. The van der Waals surface area contributed by atoms with Gasteiger partial charge < -0.3 is 14.7 Å². The summed E-state index contributed by atoms with van der Waals surface area (Å²) in [5, 5.41) is 9.08. The van der Waals surface area contributed by atoms with Gasteiger partial charge in [-0.2, -0.15) is 0 Å². The second-order valence-electron chi connectivity index (χ2n) is 2.89. The fourth-order valence-corrected chi connectivity index (χ4v) is 1.18. The first-order valence-electron chi connectivity index (χ1n) is 4.27. The fourth-order valence-electron chi connectivity index (χ4n) is 1.18. The zero-order valence-corrected chi connectivity index (χ0v) is 7.52. The second kappa shape index (κ2) is 4.23. The Morgan fingerprint density at radius 3 is 3.00 bits per heavy atom. The van der Waals surface area contributed by atoms with Crippen molar-refractivity contribution >= 4 is 11.9 Å². The molecule has 0 spiro atoms. The molecular formula is C8H13NO4.